The van der Waals surface area contributed by atoms with E-state index in [-0.39, 0.29) is 12.3 Å². The number of benzene rings is 1. The number of hydrogen-bond acceptors (Lipinski definition) is 8. The van der Waals surface area contributed by atoms with E-state index in [2.05, 4.69) is 34.2 Å². The largest absolute Gasteiger partial charge is 0.497 e. The lowest BCUT2D eigenvalue weighted by Crippen LogP contribution is -2.39. The summed E-state index contributed by atoms with van der Waals surface area (Å²) in [5.41, 5.74) is 2.11. The molecule has 1 aliphatic rings. The molecule has 1 amide bonds. The van der Waals surface area contributed by atoms with Gasteiger partial charge in [-0.1, -0.05) is 19.0 Å². The van der Waals surface area contributed by atoms with Crippen LogP contribution >= 0.6 is 0 Å². The maximum absolute atomic E-state index is 12.6. The van der Waals surface area contributed by atoms with Gasteiger partial charge in [0.15, 0.2) is 0 Å². The molecule has 0 radical (unpaired) electrons. The Labute approximate surface area is 199 Å². The Morgan fingerprint density at radius 2 is 1.94 bits per heavy atom. The van der Waals surface area contributed by atoms with Crippen molar-refractivity contribution in [3.8, 4) is 11.5 Å². The van der Waals surface area contributed by atoms with Crippen molar-refractivity contribution in [3.63, 3.8) is 0 Å². The number of rotatable bonds is 8. The second kappa shape index (κ2) is 10.3. The molecule has 0 saturated carbocycles. The normalized spacial score (nSPS) is 18.2. The minimum Gasteiger partial charge on any atom is -0.497 e. The molecule has 1 aromatic carbocycles. The van der Waals surface area contributed by atoms with Gasteiger partial charge in [0.2, 0.25) is 5.91 Å². The third-order valence-corrected chi connectivity index (χ3v) is 6.24. The first-order valence-electron chi connectivity index (χ1n) is 11.7. The molecule has 1 aliphatic heterocycles. The van der Waals surface area contributed by atoms with Gasteiger partial charge in [0, 0.05) is 38.0 Å². The summed E-state index contributed by atoms with van der Waals surface area (Å²) in [7, 11) is 3.21. The number of carbonyl (C=O) groups is 1. The average molecular weight is 468 g/mol. The number of nitrogens with one attached hydrogen (secondary N) is 1. The molecule has 2 aromatic heterocycles. The highest BCUT2D eigenvalue weighted by Gasteiger charge is 2.27. The Hall–Kier alpha value is -3.36. The Balaban J connectivity index is 1.46. The van der Waals surface area contributed by atoms with Crippen molar-refractivity contribution in [3.05, 3.63) is 35.3 Å². The predicted octanol–water partition coefficient (Wildman–Crippen LogP) is 3.67. The van der Waals surface area contributed by atoms with E-state index in [4.69, 9.17) is 19.0 Å². The molecule has 9 nitrogen and oxygen atoms in total. The summed E-state index contributed by atoms with van der Waals surface area (Å²) in [6, 6.07) is 5.51. The van der Waals surface area contributed by atoms with Crippen molar-refractivity contribution in [1.82, 2.24) is 20.4 Å². The third kappa shape index (κ3) is 5.24. The van der Waals surface area contributed by atoms with Gasteiger partial charge in [-0.2, -0.15) is 4.98 Å². The fourth-order valence-corrected chi connectivity index (χ4v) is 4.72. The molecule has 182 valence electrons. The molecule has 0 aliphatic carbocycles. The Bertz CT molecular complexity index is 1150. The third-order valence-electron chi connectivity index (χ3n) is 6.24. The average Bonchev–Trinajstić information content (AvgIpc) is 3.20. The number of piperidine rings is 1. The highest BCUT2D eigenvalue weighted by molar-refractivity contribution is 5.88. The van der Waals surface area contributed by atoms with Crippen LogP contribution in [-0.2, 0) is 17.8 Å². The second-order valence-corrected chi connectivity index (χ2v) is 9.22. The summed E-state index contributed by atoms with van der Waals surface area (Å²) in [4.78, 5) is 24.3. The fraction of sp³-hybridized carbons (Fsp3) is 0.520. The van der Waals surface area contributed by atoms with E-state index >= 15 is 0 Å². The molecule has 3 heterocycles. The number of anilines is 1. The van der Waals surface area contributed by atoms with Crippen molar-refractivity contribution in [2.45, 2.75) is 46.6 Å². The number of nitrogens with zero attached hydrogens (tertiary/aromatic N) is 4. The minimum absolute atomic E-state index is 0.0934. The van der Waals surface area contributed by atoms with E-state index in [1.807, 2.05) is 25.1 Å². The van der Waals surface area contributed by atoms with E-state index in [0.29, 0.717) is 47.8 Å². The minimum atomic E-state index is -0.0934. The number of aromatic nitrogens is 3. The van der Waals surface area contributed by atoms with Crippen molar-refractivity contribution in [2.24, 2.45) is 11.8 Å². The number of amides is 1. The van der Waals surface area contributed by atoms with Crippen molar-refractivity contribution >= 4 is 22.8 Å². The number of hydrogen-bond donors (Lipinski definition) is 1. The number of aryl methyl sites for hydroxylation is 2. The molecule has 34 heavy (non-hydrogen) atoms. The summed E-state index contributed by atoms with van der Waals surface area (Å²) < 4.78 is 16.1. The van der Waals surface area contributed by atoms with Crippen LogP contribution in [0.3, 0.4) is 0 Å². The molecule has 3 aromatic rings. The van der Waals surface area contributed by atoms with Crippen LogP contribution in [0.15, 0.2) is 22.7 Å². The van der Waals surface area contributed by atoms with Gasteiger partial charge in [-0.15, -0.1) is 0 Å². The smallest absolute Gasteiger partial charge is 0.263 e. The van der Waals surface area contributed by atoms with Crippen LogP contribution in [0.25, 0.3) is 11.1 Å². The van der Waals surface area contributed by atoms with Gasteiger partial charge in [0.25, 0.3) is 5.71 Å². The van der Waals surface area contributed by atoms with E-state index in [1.54, 1.807) is 14.2 Å². The highest BCUT2D eigenvalue weighted by Crippen LogP contribution is 2.32. The van der Waals surface area contributed by atoms with Gasteiger partial charge in [0.1, 0.15) is 28.5 Å². The maximum atomic E-state index is 12.6. The molecule has 1 fully saturated rings. The summed E-state index contributed by atoms with van der Waals surface area (Å²) in [6.07, 6.45) is 1.87. The number of fused-ring (bicyclic) bond motifs is 1. The Morgan fingerprint density at radius 1 is 1.18 bits per heavy atom. The molecule has 9 heteroatoms. The molecule has 2 atom stereocenters. The zero-order chi connectivity index (χ0) is 24.2. The quantitative estimate of drug-likeness (QED) is 0.535. The van der Waals surface area contributed by atoms with Crippen molar-refractivity contribution < 1.29 is 18.8 Å². The summed E-state index contributed by atoms with van der Waals surface area (Å²) >= 11 is 0. The molecule has 4 rings (SSSR count). The Kier molecular flexibility index (Phi) is 7.19. The van der Waals surface area contributed by atoms with Crippen LogP contribution < -0.4 is 19.7 Å². The summed E-state index contributed by atoms with van der Waals surface area (Å²) in [5, 5.41) is 7.92. The number of methoxy groups -OCH3 is 2. The van der Waals surface area contributed by atoms with Crippen LogP contribution in [0.1, 0.15) is 43.8 Å². The lowest BCUT2D eigenvalue weighted by molar-refractivity contribution is -0.121. The predicted molar refractivity (Wildman–Crippen MR) is 129 cm³/mol. The van der Waals surface area contributed by atoms with Crippen LogP contribution in [0.5, 0.6) is 11.5 Å². The van der Waals surface area contributed by atoms with E-state index in [9.17, 15) is 4.79 Å². The van der Waals surface area contributed by atoms with Gasteiger partial charge in [-0.25, -0.2) is 4.98 Å². The summed E-state index contributed by atoms with van der Waals surface area (Å²) in [6.45, 7) is 8.66. The van der Waals surface area contributed by atoms with Gasteiger partial charge >= 0.3 is 0 Å². The topological polar surface area (TPSA) is 103 Å². The molecule has 0 bridgehead atoms. The van der Waals surface area contributed by atoms with Crippen LogP contribution in [0, 0.1) is 18.8 Å². The van der Waals surface area contributed by atoms with E-state index < -0.39 is 0 Å². The zero-order valence-electron chi connectivity index (χ0n) is 20.6. The molecule has 1 saturated heterocycles. The van der Waals surface area contributed by atoms with Crippen LogP contribution in [0.4, 0.5) is 5.82 Å². The lowest BCUT2D eigenvalue weighted by Gasteiger charge is -2.36. The fourth-order valence-electron chi connectivity index (χ4n) is 4.72. The standard InChI is InChI=1S/C25H33N5O4/c1-15-10-16(2)14-30(13-15)24-23-17(3)29-34-25(23)28-21(27-24)8-9-22(31)26-12-18-11-19(32-4)6-7-20(18)33-5/h6-7,11,15-16H,8-10,12-14H2,1-5H3,(H,26,31)/t15-,16+. The lowest BCUT2D eigenvalue weighted by atomic mass is 9.92. The molecule has 0 spiro atoms. The van der Waals surface area contributed by atoms with Gasteiger partial charge in [0.05, 0.1) is 19.9 Å². The van der Waals surface area contributed by atoms with Gasteiger partial charge in [-0.05, 0) is 43.4 Å². The van der Waals surface area contributed by atoms with Crippen LogP contribution in [0.2, 0.25) is 0 Å². The van der Waals surface area contributed by atoms with Crippen LogP contribution in [-0.4, -0.2) is 48.3 Å². The number of carbonyl (C=O) groups excluding carboxylic acids is 1. The molecule has 0 unspecified atom stereocenters. The number of ether oxygens (including phenoxy) is 2. The van der Waals surface area contributed by atoms with Crippen molar-refractivity contribution in [2.75, 3.05) is 32.2 Å². The van der Waals surface area contributed by atoms with Crippen molar-refractivity contribution in [1.29, 1.82) is 0 Å². The first-order valence-corrected chi connectivity index (χ1v) is 11.7. The SMILES string of the molecule is COc1ccc(OC)c(CNC(=O)CCc2nc(N3C[C@H](C)C[C@H](C)C3)c3c(C)noc3n2)c1. The van der Waals surface area contributed by atoms with E-state index in [1.165, 1.54) is 6.42 Å². The molecular weight excluding hydrogens is 434 g/mol. The van der Waals surface area contributed by atoms with Gasteiger partial charge in [-0.3, -0.25) is 4.79 Å². The zero-order valence-corrected chi connectivity index (χ0v) is 20.6. The van der Waals surface area contributed by atoms with E-state index in [0.717, 1.165) is 35.6 Å². The Morgan fingerprint density at radius 3 is 2.65 bits per heavy atom. The van der Waals surface area contributed by atoms with Gasteiger partial charge < -0.3 is 24.2 Å². The second-order valence-electron chi connectivity index (χ2n) is 9.22. The maximum Gasteiger partial charge on any atom is 0.263 e. The molecule has 1 N–H and O–H groups in total. The summed E-state index contributed by atoms with van der Waals surface area (Å²) in [5.74, 6) is 3.92. The first kappa shape index (κ1) is 23.8. The monoisotopic (exact) mass is 467 g/mol. The highest BCUT2D eigenvalue weighted by atomic mass is 16.5. The molecular formula is C25H33N5O4. The first-order chi connectivity index (χ1) is 16.4.